The molecular weight excluding hydrogens is 352 g/mol. The Morgan fingerprint density at radius 1 is 1.04 bits per heavy atom. The second-order valence-electron chi connectivity index (χ2n) is 6.09. The maximum absolute atomic E-state index is 12.3. The maximum atomic E-state index is 12.3. The highest BCUT2D eigenvalue weighted by Gasteiger charge is 2.07. The molecule has 0 bridgehead atoms. The van der Waals surface area contributed by atoms with Gasteiger partial charge in [0.2, 0.25) is 5.95 Å². The summed E-state index contributed by atoms with van der Waals surface area (Å²) in [6.07, 6.45) is 0. The topological polar surface area (TPSA) is 103 Å². The highest BCUT2D eigenvalue weighted by Crippen LogP contribution is 2.19. The molecule has 0 saturated heterocycles. The first-order valence-corrected chi connectivity index (χ1v) is 8.85. The molecule has 1 heterocycles. The molecule has 28 heavy (non-hydrogen) atoms. The van der Waals surface area contributed by atoms with Gasteiger partial charge < -0.3 is 16.0 Å². The van der Waals surface area contributed by atoms with Crippen LogP contribution in [-0.2, 0) is 0 Å². The summed E-state index contributed by atoms with van der Waals surface area (Å²) in [6.45, 7) is 4.65. The van der Waals surface area contributed by atoms with Gasteiger partial charge in [0.25, 0.3) is 5.91 Å². The van der Waals surface area contributed by atoms with Crippen molar-refractivity contribution in [2.45, 2.75) is 13.8 Å². The number of aromatic nitrogens is 2. The minimum Gasteiger partial charge on any atom is -0.354 e. The van der Waals surface area contributed by atoms with Crippen molar-refractivity contribution in [2.75, 3.05) is 22.5 Å². The van der Waals surface area contributed by atoms with Crippen molar-refractivity contribution >= 4 is 29.0 Å². The van der Waals surface area contributed by atoms with E-state index in [0.29, 0.717) is 28.6 Å². The number of anilines is 4. The van der Waals surface area contributed by atoms with E-state index in [1.807, 2.05) is 50.2 Å². The van der Waals surface area contributed by atoms with E-state index in [1.54, 1.807) is 24.3 Å². The zero-order valence-electron chi connectivity index (χ0n) is 15.7. The zero-order valence-corrected chi connectivity index (χ0v) is 15.7. The van der Waals surface area contributed by atoms with Gasteiger partial charge in [-0.2, -0.15) is 10.2 Å². The van der Waals surface area contributed by atoms with Gasteiger partial charge >= 0.3 is 0 Å². The number of nitrogens with zero attached hydrogens (tertiary/aromatic N) is 3. The van der Waals surface area contributed by atoms with Gasteiger partial charge in [-0.15, -0.1) is 0 Å². The van der Waals surface area contributed by atoms with Crippen molar-refractivity contribution < 1.29 is 4.79 Å². The average Bonchev–Trinajstić information content (AvgIpc) is 2.69. The Morgan fingerprint density at radius 2 is 1.71 bits per heavy atom. The molecule has 0 aliphatic heterocycles. The van der Waals surface area contributed by atoms with E-state index in [9.17, 15) is 4.79 Å². The first-order valence-electron chi connectivity index (χ1n) is 8.85. The Balaban J connectivity index is 1.66. The van der Waals surface area contributed by atoms with Crippen LogP contribution in [0.2, 0.25) is 0 Å². The van der Waals surface area contributed by atoms with Gasteiger partial charge in [-0.3, -0.25) is 4.79 Å². The molecule has 3 aromatic rings. The number of nitriles is 1. The monoisotopic (exact) mass is 372 g/mol. The Hall–Kier alpha value is -3.92. The minimum atomic E-state index is -0.230. The lowest BCUT2D eigenvalue weighted by atomic mass is 10.1. The van der Waals surface area contributed by atoms with Crippen LogP contribution in [-0.4, -0.2) is 22.4 Å². The number of aryl methyl sites for hydroxylation is 1. The second kappa shape index (κ2) is 8.64. The molecule has 0 atom stereocenters. The fourth-order valence-electron chi connectivity index (χ4n) is 2.55. The van der Waals surface area contributed by atoms with Crippen LogP contribution in [0.4, 0.5) is 23.1 Å². The summed E-state index contributed by atoms with van der Waals surface area (Å²) in [6, 6.07) is 17.7. The quantitative estimate of drug-likeness (QED) is 0.602. The molecule has 1 aromatic heterocycles. The molecule has 7 nitrogen and oxygen atoms in total. The molecule has 7 heteroatoms. The van der Waals surface area contributed by atoms with Crippen LogP contribution in [0.25, 0.3) is 0 Å². The van der Waals surface area contributed by atoms with Crippen LogP contribution in [0, 0.1) is 18.3 Å². The molecule has 0 radical (unpaired) electrons. The summed E-state index contributed by atoms with van der Waals surface area (Å²) in [7, 11) is 0. The van der Waals surface area contributed by atoms with Gasteiger partial charge in [-0.05, 0) is 62.4 Å². The molecule has 0 unspecified atom stereocenters. The van der Waals surface area contributed by atoms with Crippen LogP contribution < -0.4 is 16.0 Å². The van der Waals surface area contributed by atoms with Gasteiger partial charge in [-0.25, -0.2) is 4.98 Å². The van der Waals surface area contributed by atoms with Crippen molar-refractivity contribution in [1.29, 1.82) is 5.26 Å². The van der Waals surface area contributed by atoms with E-state index in [-0.39, 0.29) is 5.91 Å². The average molecular weight is 372 g/mol. The van der Waals surface area contributed by atoms with Gasteiger partial charge in [0, 0.05) is 35.2 Å². The summed E-state index contributed by atoms with van der Waals surface area (Å²) in [5, 5.41) is 18.0. The largest absolute Gasteiger partial charge is 0.354 e. The minimum absolute atomic E-state index is 0.230. The van der Waals surface area contributed by atoms with Crippen molar-refractivity contribution in [1.82, 2.24) is 9.97 Å². The lowest BCUT2D eigenvalue weighted by Crippen LogP contribution is -2.11. The predicted octanol–water partition coefficient (Wildman–Crippen LogP) is 4.08. The number of carbonyl (C=O) groups is 1. The number of nitrogens with one attached hydrogen (secondary N) is 3. The summed E-state index contributed by atoms with van der Waals surface area (Å²) in [4.78, 5) is 21.0. The Kier molecular flexibility index (Phi) is 5.82. The van der Waals surface area contributed by atoms with Gasteiger partial charge in [0.15, 0.2) is 0 Å². The predicted molar refractivity (Wildman–Crippen MR) is 110 cm³/mol. The van der Waals surface area contributed by atoms with Crippen molar-refractivity contribution in [3.05, 3.63) is 71.4 Å². The second-order valence-corrected chi connectivity index (χ2v) is 6.09. The third-order valence-corrected chi connectivity index (χ3v) is 3.88. The van der Waals surface area contributed by atoms with E-state index in [0.717, 1.165) is 17.9 Å². The summed E-state index contributed by atoms with van der Waals surface area (Å²) >= 11 is 0. The SMILES string of the molecule is CCNc1nc(C)cc(Nc2ccc(NC(=O)c3ccc(C#N)cc3)cc2)n1. The Labute approximate surface area is 163 Å². The molecule has 0 aliphatic carbocycles. The number of carbonyl (C=O) groups excluding carboxylic acids is 1. The number of rotatable bonds is 6. The highest BCUT2D eigenvalue weighted by atomic mass is 16.1. The van der Waals surface area contributed by atoms with E-state index in [4.69, 9.17) is 5.26 Å². The Bertz CT molecular complexity index is 1010. The number of hydrogen-bond donors (Lipinski definition) is 3. The smallest absolute Gasteiger partial charge is 0.255 e. The van der Waals surface area contributed by atoms with E-state index in [2.05, 4.69) is 25.9 Å². The fourth-order valence-corrected chi connectivity index (χ4v) is 2.55. The number of amides is 1. The number of benzene rings is 2. The first-order chi connectivity index (χ1) is 13.6. The summed E-state index contributed by atoms with van der Waals surface area (Å²) in [5.74, 6) is 1.04. The highest BCUT2D eigenvalue weighted by molar-refractivity contribution is 6.04. The molecule has 2 aromatic carbocycles. The van der Waals surface area contributed by atoms with Gasteiger partial charge in [-0.1, -0.05) is 0 Å². The molecule has 0 saturated carbocycles. The lowest BCUT2D eigenvalue weighted by molar-refractivity contribution is 0.102. The van der Waals surface area contributed by atoms with Crippen molar-refractivity contribution in [3.63, 3.8) is 0 Å². The van der Waals surface area contributed by atoms with Crippen molar-refractivity contribution in [2.24, 2.45) is 0 Å². The Morgan fingerprint density at radius 3 is 2.36 bits per heavy atom. The van der Waals surface area contributed by atoms with Crippen LogP contribution in [0.3, 0.4) is 0 Å². The first kappa shape index (κ1) is 18.9. The third-order valence-electron chi connectivity index (χ3n) is 3.88. The molecule has 3 N–H and O–H groups in total. The van der Waals surface area contributed by atoms with Crippen LogP contribution in [0.1, 0.15) is 28.5 Å². The molecule has 140 valence electrons. The summed E-state index contributed by atoms with van der Waals surface area (Å²) < 4.78 is 0. The molecular formula is C21H20N6O. The van der Waals surface area contributed by atoms with E-state index >= 15 is 0 Å². The normalized spacial score (nSPS) is 10.0. The van der Waals surface area contributed by atoms with E-state index < -0.39 is 0 Å². The zero-order chi connectivity index (χ0) is 19.9. The molecule has 0 aliphatic rings. The van der Waals surface area contributed by atoms with Crippen molar-refractivity contribution in [3.8, 4) is 6.07 Å². The molecule has 0 fully saturated rings. The standard InChI is InChI=1S/C21H20N6O/c1-3-23-21-24-14(2)12-19(27-21)25-17-8-10-18(11-9-17)26-20(28)16-6-4-15(13-22)5-7-16/h4-12H,3H2,1-2H3,(H,26,28)(H2,23,24,25,27). The molecule has 0 spiro atoms. The molecule has 3 rings (SSSR count). The van der Waals surface area contributed by atoms with Gasteiger partial charge in [0.1, 0.15) is 5.82 Å². The van der Waals surface area contributed by atoms with Crippen LogP contribution in [0.5, 0.6) is 0 Å². The lowest BCUT2D eigenvalue weighted by Gasteiger charge is -2.10. The van der Waals surface area contributed by atoms with Crippen LogP contribution in [0.15, 0.2) is 54.6 Å². The third kappa shape index (κ3) is 4.83. The summed E-state index contributed by atoms with van der Waals surface area (Å²) in [5.41, 5.74) is 3.39. The molecule has 1 amide bonds. The maximum Gasteiger partial charge on any atom is 0.255 e. The van der Waals surface area contributed by atoms with Crippen LogP contribution >= 0.6 is 0 Å². The number of hydrogen-bond acceptors (Lipinski definition) is 6. The van der Waals surface area contributed by atoms with Gasteiger partial charge in [0.05, 0.1) is 11.6 Å². The van der Waals surface area contributed by atoms with E-state index in [1.165, 1.54) is 0 Å². The fraction of sp³-hybridized carbons (Fsp3) is 0.143.